The Morgan fingerprint density at radius 3 is 2.26 bits per heavy atom. The number of carbonyl (C=O) groups excluding carboxylic acids is 1. The second-order valence-electron chi connectivity index (χ2n) is 5.47. The fraction of sp³-hybridized carbons (Fsp3) is 0.533. The average Bonchev–Trinajstić information content (AvgIpc) is 2.30. The molecular weight excluding hydrogens is 240 g/mol. The molecule has 19 heavy (non-hydrogen) atoms. The van der Waals surface area contributed by atoms with Gasteiger partial charge in [0.15, 0.2) is 0 Å². The van der Waals surface area contributed by atoms with Gasteiger partial charge in [0.05, 0.1) is 5.60 Å². The van der Waals surface area contributed by atoms with E-state index in [2.05, 4.69) is 31.4 Å². The zero-order chi connectivity index (χ0) is 14.5. The number of amides is 1. The fourth-order valence-corrected chi connectivity index (χ4v) is 2.01. The van der Waals surface area contributed by atoms with Crippen LogP contribution in [-0.4, -0.2) is 24.7 Å². The lowest BCUT2D eigenvalue weighted by molar-refractivity contribution is -0.114. The van der Waals surface area contributed by atoms with Crippen LogP contribution >= 0.6 is 0 Å². The summed E-state index contributed by atoms with van der Waals surface area (Å²) in [6.45, 7) is 7.78. The Kier molecular flexibility index (Phi) is 5.36. The molecule has 4 heteroatoms. The van der Waals surface area contributed by atoms with Crippen molar-refractivity contribution in [3.63, 3.8) is 0 Å². The molecule has 1 unspecified atom stereocenters. The van der Waals surface area contributed by atoms with Gasteiger partial charge in [-0.05, 0) is 51.5 Å². The van der Waals surface area contributed by atoms with E-state index in [1.165, 1.54) is 6.92 Å². The summed E-state index contributed by atoms with van der Waals surface area (Å²) in [6.07, 6.45) is 0.914. The summed E-state index contributed by atoms with van der Waals surface area (Å²) in [4.78, 5) is 10.9. The third-order valence-corrected chi connectivity index (χ3v) is 2.97. The molecule has 2 N–H and O–H groups in total. The number of rotatable bonds is 6. The van der Waals surface area contributed by atoms with Gasteiger partial charge in [-0.15, -0.1) is 0 Å². The van der Waals surface area contributed by atoms with Crippen LogP contribution in [0, 0.1) is 0 Å². The molecule has 1 atom stereocenters. The molecule has 1 aromatic carbocycles. The van der Waals surface area contributed by atoms with Crippen LogP contribution in [0.2, 0.25) is 0 Å². The smallest absolute Gasteiger partial charge is 0.221 e. The van der Waals surface area contributed by atoms with Gasteiger partial charge in [0.1, 0.15) is 0 Å². The van der Waals surface area contributed by atoms with Crippen LogP contribution in [0.1, 0.15) is 34.1 Å². The van der Waals surface area contributed by atoms with Crippen molar-refractivity contribution < 1.29 is 9.53 Å². The zero-order valence-corrected chi connectivity index (χ0v) is 12.4. The molecule has 106 valence electrons. The summed E-state index contributed by atoms with van der Waals surface area (Å²) in [5.74, 6) is -0.0593. The van der Waals surface area contributed by atoms with E-state index < -0.39 is 0 Å². The number of hydrogen-bond donors (Lipinski definition) is 2. The number of hydrogen-bond acceptors (Lipinski definition) is 3. The van der Waals surface area contributed by atoms with Crippen LogP contribution in [0.25, 0.3) is 0 Å². The van der Waals surface area contributed by atoms with Crippen molar-refractivity contribution in [1.82, 2.24) is 0 Å². The van der Waals surface area contributed by atoms with Gasteiger partial charge in [0, 0.05) is 31.5 Å². The number of benzene rings is 1. The van der Waals surface area contributed by atoms with E-state index in [4.69, 9.17) is 4.74 Å². The van der Waals surface area contributed by atoms with Gasteiger partial charge in [-0.1, -0.05) is 0 Å². The van der Waals surface area contributed by atoms with Gasteiger partial charge >= 0.3 is 0 Å². The van der Waals surface area contributed by atoms with Crippen molar-refractivity contribution in [2.24, 2.45) is 0 Å². The molecule has 1 aromatic rings. The standard InChI is InChI=1S/C15H24N2O2/c1-11(10-15(3,4)19-5)16-13-6-8-14(9-7-13)17-12(2)18/h6-9,11,16H,10H2,1-5H3,(H,17,18). The molecule has 0 fully saturated rings. The Morgan fingerprint density at radius 2 is 1.79 bits per heavy atom. The number of anilines is 2. The minimum Gasteiger partial charge on any atom is -0.382 e. The predicted molar refractivity (Wildman–Crippen MR) is 79.5 cm³/mol. The van der Waals surface area contributed by atoms with E-state index in [9.17, 15) is 4.79 Å². The lowest BCUT2D eigenvalue weighted by atomic mass is 10.00. The van der Waals surface area contributed by atoms with Crippen molar-refractivity contribution in [1.29, 1.82) is 0 Å². The normalized spacial score (nSPS) is 12.9. The lowest BCUT2D eigenvalue weighted by Gasteiger charge is -2.27. The monoisotopic (exact) mass is 264 g/mol. The summed E-state index contributed by atoms with van der Waals surface area (Å²) in [6, 6.07) is 8.00. The Labute approximate surface area is 115 Å². The van der Waals surface area contributed by atoms with Crippen LogP contribution in [0.15, 0.2) is 24.3 Å². The summed E-state index contributed by atoms with van der Waals surface area (Å²) >= 11 is 0. The molecule has 0 aliphatic carbocycles. The SMILES string of the molecule is COC(C)(C)CC(C)Nc1ccc(NC(C)=O)cc1. The number of carbonyl (C=O) groups is 1. The first kappa shape index (κ1) is 15.5. The Morgan fingerprint density at radius 1 is 1.26 bits per heavy atom. The maximum Gasteiger partial charge on any atom is 0.221 e. The van der Waals surface area contributed by atoms with E-state index in [0.29, 0.717) is 6.04 Å². The van der Waals surface area contributed by atoms with E-state index in [1.54, 1.807) is 7.11 Å². The van der Waals surface area contributed by atoms with Crippen LogP contribution in [-0.2, 0) is 9.53 Å². The third-order valence-electron chi connectivity index (χ3n) is 2.97. The maximum atomic E-state index is 10.9. The minimum absolute atomic E-state index is 0.0593. The molecule has 0 radical (unpaired) electrons. The minimum atomic E-state index is -0.136. The van der Waals surface area contributed by atoms with Gasteiger partial charge in [-0.2, -0.15) is 0 Å². The van der Waals surface area contributed by atoms with Crippen molar-refractivity contribution in [2.45, 2.75) is 45.8 Å². The Balaban J connectivity index is 2.55. The van der Waals surface area contributed by atoms with Gasteiger partial charge in [0.25, 0.3) is 0 Å². The second kappa shape index (κ2) is 6.57. The van der Waals surface area contributed by atoms with Crippen molar-refractivity contribution in [3.05, 3.63) is 24.3 Å². The highest BCUT2D eigenvalue weighted by Crippen LogP contribution is 2.20. The molecule has 0 bridgehead atoms. The first-order chi connectivity index (χ1) is 8.82. The Hall–Kier alpha value is -1.55. The lowest BCUT2D eigenvalue weighted by Crippen LogP contribution is -2.31. The zero-order valence-electron chi connectivity index (χ0n) is 12.4. The molecule has 0 saturated heterocycles. The number of ether oxygens (including phenoxy) is 1. The van der Waals surface area contributed by atoms with Crippen LogP contribution in [0.3, 0.4) is 0 Å². The first-order valence-corrected chi connectivity index (χ1v) is 6.52. The molecule has 0 spiro atoms. The van der Waals surface area contributed by atoms with Gasteiger partial charge in [0.2, 0.25) is 5.91 Å². The van der Waals surface area contributed by atoms with Gasteiger partial charge in [-0.25, -0.2) is 0 Å². The second-order valence-corrected chi connectivity index (χ2v) is 5.47. The van der Waals surface area contributed by atoms with Gasteiger partial charge in [-0.3, -0.25) is 4.79 Å². The van der Waals surface area contributed by atoms with Crippen LogP contribution < -0.4 is 10.6 Å². The molecule has 0 aliphatic heterocycles. The highest BCUT2D eigenvalue weighted by molar-refractivity contribution is 5.88. The average molecular weight is 264 g/mol. The Bertz CT molecular complexity index is 413. The number of nitrogens with one attached hydrogen (secondary N) is 2. The molecule has 0 heterocycles. The molecule has 0 aliphatic rings. The molecule has 0 aromatic heterocycles. The highest BCUT2D eigenvalue weighted by atomic mass is 16.5. The van der Waals surface area contributed by atoms with E-state index in [-0.39, 0.29) is 11.5 Å². The van der Waals surface area contributed by atoms with Crippen molar-refractivity contribution >= 4 is 17.3 Å². The third kappa shape index (κ3) is 5.75. The summed E-state index contributed by atoms with van der Waals surface area (Å²) in [5, 5.41) is 6.17. The van der Waals surface area contributed by atoms with Gasteiger partial charge < -0.3 is 15.4 Å². The summed E-state index contributed by atoms with van der Waals surface area (Å²) < 4.78 is 5.42. The molecule has 1 rings (SSSR count). The van der Waals surface area contributed by atoms with Crippen LogP contribution in [0.4, 0.5) is 11.4 Å². The van der Waals surface area contributed by atoms with Crippen molar-refractivity contribution in [3.8, 4) is 0 Å². The van der Waals surface area contributed by atoms with Crippen LogP contribution in [0.5, 0.6) is 0 Å². The highest BCUT2D eigenvalue weighted by Gasteiger charge is 2.19. The maximum absolute atomic E-state index is 10.9. The van der Waals surface area contributed by atoms with Crippen molar-refractivity contribution in [2.75, 3.05) is 17.7 Å². The largest absolute Gasteiger partial charge is 0.382 e. The van der Waals surface area contributed by atoms with E-state index in [0.717, 1.165) is 17.8 Å². The molecule has 0 saturated carbocycles. The molecular formula is C15H24N2O2. The molecule has 4 nitrogen and oxygen atoms in total. The predicted octanol–water partition coefficient (Wildman–Crippen LogP) is 3.26. The fourth-order valence-electron chi connectivity index (χ4n) is 2.01. The summed E-state index contributed by atoms with van der Waals surface area (Å²) in [7, 11) is 1.73. The topological polar surface area (TPSA) is 50.4 Å². The number of methoxy groups -OCH3 is 1. The summed E-state index contributed by atoms with van der Waals surface area (Å²) in [5.41, 5.74) is 1.71. The molecule has 1 amide bonds. The van der Waals surface area contributed by atoms with E-state index in [1.807, 2.05) is 24.3 Å². The van der Waals surface area contributed by atoms with E-state index >= 15 is 0 Å². The first-order valence-electron chi connectivity index (χ1n) is 6.52. The quantitative estimate of drug-likeness (QED) is 0.829.